The molecule has 0 unspecified atom stereocenters. The molecule has 0 saturated heterocycles. The van der Waals surface area contributed by atoms with Gasteiger partial charge in [-0.1, -0.05) is 28.1 Å². The Bertz CT molecular complexity index is 1390. The number of thiophene rings is 1. The van der Waals surface area contributed by atoms with Crippen LogP contribution in [0, 0.1) is 11.3 Å². The summed E-state index contributed by atoms with van der Waals surface area (Å²) < 4.78 is 11.7. The molecule has 0 fully saturated rings. The fourth-order valence-corrected chi connectivity index (χ4v) is 4.20. The summed E-state index contributed by atoms with van der Waals surface area (Å²) in [5, 5.41) is 45.9. The lowest BCUT2D eigenvalue weighted by Gasteiger charge is -2.20. The third-order valence-corrected chi connectivity index (χ3v) is 6.94. The highest BCUT2D eigenvalue weighted by Gasteiger charge is 2.21. The first kappa shape index (κ1) is 29.0. The van der Waals surface area contributed by atoms with Gasteiger partial charge in [-0.2, -0.15) is 5.26 Å². The van der Waals surface area contributed by atoms with Crippen LogP contribution in [0.4, 0.5) is 0 Å². The Kier molecular flexibility index (Phi) is 10.1. The summed E-state index contributed by atoms with van der Waals surface area (Å²) in [4.78, 5) is 16.6. The van der Waals surface area contributed by atoms with Crippen LogP contribution in [0.5, 0.6) is 5.88 Å². The van der Waals surface area contributed by atoms with Gasteiger partial charge in [-0.25, -0.2) is 9.78 Å². The molecule has 198 valence electrons. The normalized spacial score (nSPS) is 10.8. The van der Waals surface area contributed by atoms with Gasteiger partial charge in [-0.3, -0.25) is 0 Å². The molecule has 3 heterocycles. The maximum Gasteiger partial charge on any atom is 0.335 e. The van der Waals surface area contributed by atoms with Gasteiger partial charge >= 0.3 is 5.97 Å². The number of ether oxygens (including phenoxy) is 1. The molecule has 38 heavy (non-hydrogen) atoms. The minimum atomic E-state index is -1.21. The van der Waals surface area contributed by atoms with Gasteiger partial charge in [0.1, 0.15) is 18.2 Å². The number of pyridine rings is 1. The van der Waals surface area contributed by atoms with Gasteiger partial charge in [0, 0.05) is 21.2 Å². The van der Waals surface area contributed by atoms with E-state index in [1.807, 2.05) is 23.6 Å². The van der Waals surface area contributed by atoms with E-state index in [0.29, 0.717) is 21.3 Å². The molecule has 0 atom stereocenters. The number of hydrogen-bond donors (Lipinski definition) is 5. The average Bonchev–Trinajstić information content (AvgIpc) is 3.67. The van der Waals surface area contributed by atoms with Crippen LogP contribution >= 0.6 is 27.3 Å². The Morgan fingerprint density at radius 1 is 1.18 bits per heavy atom. The maximum atomic E-state index is 11.1. The summed E-state index contributed by atoms with van der Waals surface area (Å²) in [5.41, 5.74) is 7.25. The lowest BCUT2D eigenvalue weighted by atomic mass is 10.0. The summed E-state index contributed by atoms with van der Waals surface area (Å²) in [6.07, 6.45) is 3.11. The summed E-state index contributed by atoms with van der Waals surface area (Å²) in [6, 6.07) is 14.4. The highest BCUT2D eigenvalue weighted by molar-refractivity contribution is 9.10. The molecule has 6 N–H and O–H groups in total. The largest absolute Gasteiger partial charge is 0.478 e. The Morgan fingerprint density at radius 2 is 1.92 bits per heavy atom. The smallest absolute Gasteiger partial charge is 0.335 e. The number of aliphatic hydroxyl groups is 3. The Labute approximate surface area is 230 Å². The molecule has 4 aromatic rings. The molecular formula is C26H24BrN3O7S. The minimum absolute atomic E-state index is 0.112. The molecule has 0 spiro atoms. The highest BCUT2D eigenvalue weighted by atomic mass is 79.9. The van der Waals surface area contributed by atoms with Gasteiger partial charge in [0.2, 0.25) is 5.88 Å². The summed E-state index contributed by atoms with van der Waals surface area (Å²) in [6.45, 7) is -1.10. The molecule has 0 radical (unpaired) electrons. The maximum absolute atomic E-state index is 11.1. The number of aromatic carboxylic acids is 1. The zero-order valence-electron chi connectivity index (χ0n) is 19.9. The van der Waals surface area contributed by atoms with Crippen molar-refractivity contribution in [3.8, 4) is 33.6 Å². The van der Waals surface area contributed by atoms with E-state index in [4.69, 9.17) is 35.3 Å². The molecule has 0 bridgehead atoms. The summed E-state index contributed by atoms with van der Waals surface area (Å²) in [5.74, 6) is -0.807. The van der Waals surface area contributed by atoms with Crippen molar-refractivity contribution in [3.63, 3.8) is 0 Å². The molecule has 3 aromatic heterocycles. The number of carboxylic acids is 1. The van der Waals surface area contributed by atoms with Crippen LogP contribution in [-0.4, -0.2) is 56.7 Å². The zero-order chi connectivity index (χ0) is 27.7. The van der Waals surface area contributed by atoms with Crippen molar-refractivity contribution in [2.75, 3.05) is 19.8 Å². The number of rotatable bonds is 9. The van der Waals surface area contributed by atoms with Gasteiger partial charge in [-0.15, -0.1) is 11.3 Å². The average molecular weight is 602 g/mol. The van der Waals surface area contributed by atoms with Crippen molar-refractivity contribution in [1.29, 1.82) is 5.26 Å². The molecule has 12 heteroatoms. The van der Waals surface area contributed by atoms with Crippen LogP contribution in [0.1, 0.15) is 21.5 Å². The van der Waals surface area contributed by atoms with Crippen LogP contribution in [-0.2, 0) is 6.61 Å². The van der Waals surface area contributed by atoms with Crippen molar-refractivity contribution >= 4 is 33.2 Å². The monoisotopic (exact) mass is 601 g/mol. The predicted octanol–water partition coefficient (Wildman–Crippen LogP) is 3.64. The van der Waals surface area contributed by atoms with E-state index in [-0.39, 0.29) is 18.1 Å². The molecule has 10 nitrogen and oxygen atoms in total. The first-order valence-electron chi connectivity index (χ1n) is 11.0. The van der Waals surface area contributed by atoms with Crippen molar-refractivity contribution < 1.29 is 34.4 Å². The van der Waals surface area contributed by atoms with E-state index in [0.717, 1.165) is 16.0 Å². The fraction of sp³-hybridized carbons (Fsp3) is 0.192. The van der Waals surface area contributed by atoms with Gasteiger partial charge in [0.25, 0.3) is 0 Å². The Morgan fingerprint density at radius 3 is 2.42 bits per heavy atom. The van der Waals surface area contributed by atoms with Gasteiger partial charge in [0.05, 0.1) is 54.0 Å². The predicted molar refractivity (Wildman–Crippen MR) is 144 cm³/mol. The van der Waals surface area contributed by atoms with Crippen molar-refractivity contribution in [1.82, 2.24) is 4.98 Å². The first-order valence-corrected chi connectivity index (χ1v) is 12.7. The highest BCUT2D eigenvalue weighted by Crippen LogP contribution is 2.35. The summed E-state index contributed by atoms with van der Waals surface area (Å²) in [7, 11) is 0. The van der Waals surface area contributed by atoms with Crippen molar-refractivity contribution in [3.05, 3.63) is 81.5 Å². The van der Waals surface area contributed by atoms with Crippen molar-refractivity contribution in [2.24, 2.45) is 5.73 Å². The number of nitrogens with two attached hydrogens (primary N) is 1. The number of hydrogen-bond acceptors (Lipinski definition) is 10. The quantitative estimate of drug-likeness (QED) is 0.190. The number of aromatic nitrogens is 1. The Hall–Kier alpha value is -3.57. The van der Waals surface area contributed by atoms with Crippen LogP contribution < -0.4 is 10.5 Å². The first-order chi connectivity index (χ1) is 18.2. The fourth-order valence-electron chi connectivity index (χ4n) is 3.02. The van der Waals surface area contributed by atoms with E-state index < -0.39 is 31.3 Å². The third-order valence-electron chi connectivity index (χ3n) is 5.31. The lowest BCUT2D eigenvalue weighted by Crippen LogP contribution is -2.50. The number of nitriles is 1. The second-order valence-electron chi connectivity index (χ2n) is 8.07. The summed E-state index contributed by atoms with van der Waals surface area (Å²) >= 11 is 4.91. The molecule has 0 saturated carbocycles. The number of nitrogens with zero attached hydrogens (tertiary/aromatic N) is 2. The van der Waals surface area contributed by atoms with E-state index in [2.05, 4.69) is 27.0 Å². The second-order valence-corrected chi connectivity index (χ2v) is 9.88. The SMILES string of the molecule is N#Cc1c(-c2ccoc2)cc(-c2cccs2)nc1OCc1ccc(C(=O)O)cc1Br.NC(CO)(CO)CO. The molecule has 1 aromatic carbocycles. The Balaban J connectivity index is 0.000000436. The van der Waals surface area contributed by atoms with Crippen LogP contribution in [0.2, 0.25) is 0 Å². The van der Waals surface area contributed by atoms with Crippen molar-refractivity contribution in [2.45, 2.75) is 12.1 Å². The molecule has 0 amide bonds. The third kappa shape index (κ3) is 7.05. The number of furan rings is 1. The zero-order valence-corrected chi connectivity index (χ0v) is 22.3. The van der Waals surface area contributed by atoms with E-state index in [1.54, 1.807) is 24.7 Å². The number of halogens is 1. The lowest BCUT2D eigenvalue weighted by molar-refractivity contribution is 0.0691. The molecule has 0 aliphatic carbocycles. The van der Waals surface area contributed by atoms with Crippen LogP contribution in [0.25, 0.3) is 21.7 Å². The van der Waals surface area contributed by atoms with E-state index >= 15 is 0 Å². The number of carbonyl (C=O) groups is 1. The number of benzene rings is 1. The topological polar surface area (TPSA) is 183 Å². The molecular weight excluding hydrogens is 578 g/mol. The van der Waals surface area contributed by atoms with Crippen LogP contribution in [0.15, 0.2) is 69.3 Å². The van der Waals surface area contributed by atoms with Gasteiger partial charge in [-0.05, 0) is 35.7 Å². The molecule has 4 rings (SSSR count). The molecule has 0 aliphatic rings. The molecule has 0 aliphatic heterocycles. The minimum Gasteiger partial charge on any atom is -0.478 e. The van der Waals surface area contributed by atoms with E-state index in [9.17, 15) is 10.1 Å². The van der Waals surface area contributed by atoms with Gasteiger partial charge < -0.3 is 35.3 Å². The second kappa shape index (κ2) is 13.3. The van der Waals surface area contributed by atoms with Crippen LogP contribution in [0.3, 0.4) is 0 Å². The number of aliphatic hydroxyl groups excluding tert-OH is 3. The standard InChI is InChI=1S/C22H13BrN2O4S.C4H11NO3/c23-18-8-13(22(26)27)3-4-15(18)12-29-21-17(10-24)16(14-5-6-28-11-14)9-19(25-21)20-2-1-7-30-20;5-4(1-6,2-7)3-8/h1-9,11H,12H2,(H,26,27);6-8H,1-3,5H2. The van der Waals surface area contributed by atoms with Gasteiger partial charge in [0.15, 0.2) is 0 Å². The number of carboxylic acid groups (broad SMARTS) is 1. The van der Waals surface area contributed by atoms with E-state index in [1.165, 1.54) is 23.5 Å².